The zero-order valence-electron chi connectivity index (χ0n) is 13.5. The highest BCUT2D eigenvalue weighted by Gasteiger charge is 2.36. The molecule has 0 fully saturated rings. The third kappa shape index (κ3) is 5.20. The van der Waals surface area contributed by atoms with Crippen LogP contribution in [0.3, 0.4) is 0 Å². The molecule has 0 amide bonds. The number of aromatic hydroxyl groups is 1. The summed E-state index contributed by atoms with van der Waals surface area (Å²) >= 11 is 5.12. The van der Waals surface area contributed by atoms with Gasteiger partial charge in [-0.05, 0) is 47.9 Å². The van der Waals surface area contributed by atoms with Crippen LogP contribution in [0.5, 0.6) is 5.75 Å². The summed E-state index contributed by atoms with van der Waals surface area (Å²) in [5, 5.41) is 9.66. The molecule has 26 heavy (non-hydrogen) atoms. The van der Waals surface area contributed by atoms with Crippen LogP contribution in [0.2, 0.25) is 0 Å². The van der Waals surface area contributed by atoms with Gasteiger partial charge in [0.2, 0.25) is 0 Å². The summed E-state index contributed by atoms with van der Waals surface area (Å²) in [6, 6.07) is 6.25. The predicted molar refractivity (Wildman–Crippen MR) is 89.3 cm³/mol. The van der Waals surface area contributed by atoms with Crippen LogP contribution < -0.4 is 0 Å². The molecule has 140 valence electrons. The molecule has 0 spiro atoms. The molecule has 0 aromatic heterocycles. The number of hydrogen-bond acceptors (Lipinski definition) is 2. The standard InChI is InChI=1S/C18H14F6OS/c1-10-2-3-11(8-16(10)25)6-15(26)7-12-4-13(17(19,20)21)9-14(5-12)18(22,23)24/h2-5,8-9,25H,6-7H2,1H3. The van der Waals surface area contributed by atoms with Gasteiger partial charge in [0.05, 0.1) is 11.1 Å². The molecular formula is C18H14F6OS. The molecule has 0 aliphatic heterocycles. The Labute approximate surface area is 151 Å². The van der Waals surface area contributed by atoms with Crippen LogP contribution in [0.25, 0.3) is 0 Å². The number of alkyl halides is 6. The summed E-state index contributed by atoms with van der Waals surface area (Å²) in [6.45, 7) is 1.69. The van der Waals surface area contributed by atoms with E-state index in [1.54, 1.807) is 19.1 Å². The Morgan fingerprint density at radius 1 is 0.846 bits per heavy atom. The van der Waals surface area contributed by atoms with Gasteiger partial charge in [0.15, 0.2) is 0 Å². The van der Waals surface area contributed by atoms with Gasteiger partial charge in [0.25, 0.3) is 0 Å². The number of aryl methyl sites for hydroxylation is 1. The van der Waals surface area contributed by atoms with E-state index in [1.165, 1.54) is 6.07 Å². The molecule has 2 rings (SSSR count). The van der Waals surface area contributed by atoms with Gasteiger partial charge in [0.1, 0.15) is 5.75 Å². The smallest absolute Gasteiger partial charge is 0.416 e. The van der Waals surface area contributed by atoms with E-state index < -0.39 is 23.5 Å². The second kappa shape index (κ2) is 7.26. The van der Waals surface area contributed by atoms with Crippen LogP contribution in [-0.4, -0.2) is 9.97 Å². The normalized spacial score (nSPS) is 12.3. The minimum Gasteiger partial charge on any atom is -0.508 e. The molecule has 0 aliphatic carbocycles. The number of hydrogen-bond donors (Lipinski definition) is 1. The Hall–Kier alpha value is -2.09. The summed E-state index contributed by atoms with van der Waals surface area (Å²) in [7, 11) is 0. The van der Waals surface area contributed by atoms with Gasteiger partial charge < -0.3 is 5.11 Å². The number of thiocarbonyl (C=S) groups is 1. The molecule has 2 aromatic rings. The largest absolute Gasteiger partial charge is 0.508 e. The third-order valence-corrected chi connectivity index (χ3v) is 4.01. The molecule has 1 nitrogen and oxygen atoms in total. The molecule has 2 aromatic carbocycles. The molecule has 0 atom stereocenters. The van der Waals surface area contributed by atoms with Crippen LogP contribution in [0, 0.1) is 6.92 Å². The molecule has 0 aliphatic rings. The number of phenolic OH excluding ortho intramolecular Hbond substituents is 1. The maximum Gasteiger partial charge on any atom is 0.416 e. The second-order valence-corrected chi connectivity index (χ2v) is 6.50. The lowest BCUT2D eigenvalue weighted by Crippen LogP contribution is -2.13. The zero-order valence-corrected chi connectivity index (χ0v) is 14.3. The van der Waals surface area contributed by atoms with Crippen LogP contribution >= 0.6 is 12.2 Å². The highest BCUT2D eigenvalue weighted by Crippen LogP contribution is 2.36. The van der Waals surface area contributed by atoms with Crippen LogP contribution in [0.15, 0.2) is 36.4 Å². The Kier molecular flexibility index (Phi) is 5.65. The van der Waals surface area contributed by atoms with Gasteiger partial charge in [-0.3, -0.25) is 0 Å². The van der Waals surface area contributed by atoms with Crippen molar-refractivity contribution < 1.29 is 31.4 Å². The van der Waals surface area contributed by atoms with E-state index in [0.29, 0.717) is 23.3 Å². The average Bonchev–Trinajstić information content (AvgIpc) is 2.49. The molecule has 0 saturated heterocycles. The van der Waals surface area contributed by atoms with Crippen molar-refractivity contribution in [3.8, 4) is 5.75 Å². The maximum atomic E-state index is 12.9. The molecule has 0 saturated carbocycles. The first-order chi connectivity index (χ1) is 11.9. The predicted octanol–water partition coefficient (Wildman–Crippen LogP) is 5.89. The van der Waals surface area contributed by atoms with Crippen molar-refractivity contribution in [2.24, 2.45) is 0 Å². The third-order valence-electron chi connectivity index (χ3n) is 3.72. The Morgan fingerprint density at radius 3 is 1.81 bits per heavy atom. The fourth-order valence-electron chi connectivity index (χ4n) is 2.40. The number of phenols is 1. The molecular weight excluding hydrogens is 378 g/mol. The van der Waals surface area contributed by atoms with Gasteiger partial charge in [-0.25, -0.2) is 0 Å². The Morgan fingerprint density at radius 2 is 1.35 bits per heavy atom. The highest BCUT2D eigenvalue weighted by atomic mass is 32.1. The summed E-state index contributed by atoms with van der Waals surface area (Å²) in [6.07, 6.45) is -9.83. The van der Waals surface area contributed by atoms with Crippen molar-refractivity contribution in [2.45, 2.75) is 32.1 Å². The van der Waals surface area contributed by atoms with Crippen LogP contribution in [0.4, 0.5) is 26.3 Å². The highest BCUT2D eigenvalue weighted by molar-refractivity contribution is 7.80. The first kappa shape index (κ1) is 20.2. The van der Waals surface area contributed by atoms with Crippen molar-refractivity contribution in [3.05, 3.63) is 64.2 Å². The quantitative estimate of drug-likeness (QED) is 0.517. The topological polar surface area (TPSA) is 20.2 Å². The molecule has 0 bridgehead atoms. The van der Waals surface area contributed by atoms with E-state index in [9.17, 15) is 31.4 Å². The SMILES string of the molecule is Cc1ccc(CC(=S)Cc2cc(C(F)(F)F)cc(C(F)(F)F)c2)cc1O. The van der Waals surface area contributed by atoms with E-state index in [2.05, 4.69) is 0 Å². The Balaban J connectivity index is 2.27. The Bertz CT molecular complexity index is 791. The van der Waals surface area contributed by atoms with Crippen molar-refractivity contribution >= 4 is 17.1 Å². The van der Waals surface area contributed by atoms with E-state index in [-0.39, 0.29) is 35.1 Å². The lowest BCUT2D eigenvalue weighted by Gasteiger charge is -2.14. The van der Waals surface area contributed by atoms with E-state index in [4.69, 9.17) is 12.2 Å². The van der Waals surface area contributed by atoms with Gasteiger partial charge in [0, 0.05) is 17.7 Å². The average molecular weight is 392 g/mol. The number of benzene rings is 2. The monoisotopic (exact) mass is 392 g/mol. The van der Waals surface area contributed by atoms with Gasteiger partial charge >= 0.3 is 12.4 Å². The van der Waals surface area contributed by atoms with Gasteiger partial charge in [-0.15, -0.1) is 0 Å². The number of rotatable bonds is 4. The van der Waals surface area contributed by atoms with Gasteiger partial charge in [-0.2, -0.15) is 26.3 Å². The zero-order chi connectivity index (χ0) is 19.7. The summed E-state index contributed by atoms with van der Waals surface area (Å²) in [5.74, 6) is 0.0451. The summed E-state index contributed by atoms with van der Waals surface area (Å²) < 4.78 is 77.2. The summed E-state index contributed by atoms with van der Waals surface area (Å²) in [4.78, 5) is 0.265. The van der Waals surface area contributed by atoms with Crippen molar-refractivity contribution in [1.29, 1.82) is 0 Å². The first-order valence-corrected chi connectivity index (χ1v) is 7.85. The number of halogens is 6. The second-order valence-electron chi connectivity index (χ2n) is 5.93. The minimum atomic E-state index is -4.89. The maximum absolute atomic E-state index is 12.9. The molecule has 1 N–H and O–H groups in total. The first-order valence-electron chi connectivity index (χ1n) is 7.45. The molecule has 0 heterocycles. The molecule has 0 unspecified atom stereocenters. The fourth-order valence-corrected chi connectivity index (χ4v) is 2.74. The molecule has 8 heteroatoms. The fraction of sp³-hybridized carbons (Fsp3) is 0.278. The van der Waals surface area contributed by atoms with E-state index in [0.717, 1.165) is 0 Å². The van der Waals surface area contributed by atoms with Crippen molar-refractivity contribution in [1.82, 2.24) is 0 Å². The van der Waals surface area contributed by atoms with E-state index in [1.807, 2.05) is 0 Å². The van der Waals surface area contributed by atoms with Crippen LogP contribution in [0.1, 0.15) is 27.8 Å². The van der Waals surface area contributed by atoms with Crippen molar-refractivity contribution in [3.63, 3.8) is 0 Å². The van der Waals surface area contributed by atoms with Crippen molar-refractivity contribution in [2.75, 3.05) is 0 Å². The van der Waals surface area contributed by atoms with Gasteiger partial charge in [-0.1, -0.05) is 24.4 Å². The lowest BCUT2D eigenvalue weighted by molar-refractivity contribution is -0.143. The molecule has 0 radical (unpaired) electrons. The lowest BCUT2D eigenvalue weighted by atomic mass is 9.98. The summed E-state index contributed by atoms with van der Waals surface area (Å²) in [5.41, 5.74) is -1.61. The van der Waals surface area contributed by atoms with Crippen LogP contribution in [-0.2, 0) is 25.2 Å². The van der Waals surface area contributed by atoms with E-state index >= 15 is 0 Å². The minimum absolute atomic E-state index is 0.0451.